The molecule has 1 fully saturated rings. The Labute approximate surface area is 169 Å². The lowest BCUT2D eigenvalue weighted by atomic mass is 9.86. The number of amides is 1. The number of benzene rings is 2. The third-order valence-electron chi connectivity index (χ3n) is 4.72. The molecule has 29 heavy (non-hydrogen) atoms. The zero-order chi connectivity index (χ0) is 21.3. The molecule has 1 saturated heterocycles. The summed E-state index contributed by atoms with van der Waals surface area (Å²) in [5, 5.41) is 0.392. The first-order valence-corrected chi connectivity index (χ1v) is 8.95. The summed E-state index contributed by atoms with van der Waals surface area (Å²) in [6.45, 7) is 3.52. The van der Waals surface area contributed by atoms with Gasteiger partial charge in [-0.05, 0) is 42.0 Å². The lowest BCUT2D eigenvalue weighted by Gasteiger charge is -2.26. The summed E-state index contributed by atoms with van der Waals surface area (Å²) in [4.78, 5) is 39.3. The van der Waals surface area contributed by atoms with Gasteiger partial charge in [-0.3, -0.25) is 14.4 Å². The van der Waals surface area contributed by atoms with Crippen LogP contribution in [-0.4, -0.2) is 28.9 Å². The average Bonchev–Trinajstić information content (AvgIpc) is 2.93. The molecule has 1 amide bonds. The van der Waals surface area contributed by atoms with Gasteiger partial charge < -0.3 is 4.90 Å². The van der Waals surface area contributed by atoms with Gasteiger partial charge in [0.2, 0.25) is 5.78 Å². The van der Waals surface area contributed by atoms with Gasteiger partial charge in [0.15, 0.2) is 5.78 Å². The van der Waals surface area contributed by atoms with Gasteiger partial charge in [0.1, 0.15) is 5.92 Å². The number of hydrogen-bond acceptors (Lipinski definition) is 3. The van der Waals surface area contributed by atoms with Crippen LogP contribution in [0.5, 0.6) is 0 Å². The third-order valence-corrected chi connectivity index (χ3v) is 4.97. The summed E-state index contributed by atoms with van der Waals surface area (Å²) in [6, 6.07) is 8.87. The zero-order valence-corrected chi connectivity index (χ0v) is 15.7. The SMILES string of the molecule is C=CCN1C(=O)C(=O)C(C(=O)c2ccc(Cl)cc2)C1c1ccc(C(F)(F)F)cc1. The summed E-state index contributed by atoms with van der Waals surface area (Å²) in [7, 11) is 0. The van der Waals surface area contributed by atoms with Crippen molar-refractivity contribution in [2.75, 3.05) is 6.54 Å². The largest absolute Gasteiger partial charge is 0.416 e. The first-order chi connectivity index (χ1) is 13.6. The number of carbonyl (C=O) groups is 3. The van der Waals surface area contributed by atoms with Crippen molar-refractivity contribution in [1.29, 1.82) is 0 Å². The Kier molecular flexibility index (Phi) is 5.61. The van der Waals surface area contributed by atoms with Crippen molar-refractivity contribution < 1.29 is 27.6 Å². The van der Waals surface area contributed by atoms with E-state index in [1.807, 2.05) is 0 Å². The van der Waals surface area contributed by atoms with E-state index in [0.717, 1.165) is 17.0 Å². The molecule has 0 N–H and O–H groups in total. The van der Waals surface area contributed by atoms with Crippen molar-refractivity contribution in [2.24, 2.45) is 5.92 Å². The van der Waals surface area contributed by atoms with Crippen LogP contribution < -0.4 is 0 Å². The Bertz CT molecular complexity index is 968. The van der Waals surface area contributed by atoms with E-state index in [4.69, 9.17) is 11.6 Å². The molecule has 0 radical (unpaired) electrons. The minimum atomic E-state index is -4.53. The average molecular weight is 422 g/mol. The minimum Gasteiger partial charge on any atom is -0.324 e. The van der Waals surface area contributed by atoms with E-state index in [-0.39, 0.29) is 17.7 Å². The highest BCUT2D eigenvalue weighted by Crippen LogP contribution is 2.39. The van der Waals surface area contributed by atoms with Crippen LogP contribution >= 0.6 is 11.6 Å². The first kappa shape index (κ1) is 20.8. The minimum absolute atomic E-state index is 0.0271. The second-order valence-electron chi connectivity index (χ2n) is 6.52. The Balaban J connectivity index is 2.06. The van der Waals surface area contributed by atoms with E-state index in [0.29, 0.717) is 5.02 Å². The maximum Gasteiger partial charge on any atom is 0.416 e. The summed E-state index contributed by atoms with van der Waals surface area (Å²) in [6.07, 6.45) is -3.14. The molecular formula is C21H15ClF3NO3. The predicted molar refractivity (Wildman–Crippen MR) is 100 cm³/mol. The fourth-order valence-corrected chi connectivity index (χ4v) is 3.48. The van der Waals surface area contributed by atoms with E-state index in [1.54, 1.807) is 0 Å². The molecule has 0 aromatic heterocycles. The molecule has 1 aliphatic heterocycles. The summed E-state index contributed by atoms with van der Waals surface area (Å²) in [5.74, 6) is -3.75. The molecule has 2 aromatic carbocycles. The number of alkyl halides is 3. The second-order valence-corrected chi connectivity index (χ2v) is 6.96. The molecular weight excluding hydrogens is 407 g/mol. The molecule has 0 aliphatic carbocycles. The quantitative estimate of drug-likeness (QED) is 0.309. The van der Waals surface area contributed by atoms with E-state index in [1.165, 1.54) is 42.5 Å². The lowest BCUT2D eigenvalue weighted by Crippen LogP contribution is -2.30. The normalized spacial score (nSPS) is 19.5. The summed E-state index contributed by atoms with van der Waals surface area (Å²) in [5.41, 5.74) is -0.433. The van der Waals surface area contributed by atoms with E-state index in [2.05, 4.69) is 6.58 Å². The lowest BCUT2D eigenvalue weighted by molar-refractivity contribution is -0.140. The Morgan fingerprint density at radius 2 is 1.66 bits per heavy atom. The van der Waals surface area contributed by atoms with Crippen molar-refractivity contribution in [1.82, 2.24) is 4.90 Å². The fourth-order valence-electron chi connectivity index (χ4n) is 3.36. The van der Waals surface area contributed by atoms with Crippen LogP contribution in [0.15, 0.2) is 61.2 Å². The number of Topliss-reactive ketones (excluding diaryl/α,β-unsaturated/α-hetero) is 2. The molecule has 8 heteroatoms. The van der Waals surface area contributed by atoms with Gasteiger partial charge in [-0.2, -0.15) is 13.2 Å². The zero-order valence-electron chi connectivity index (χ0n) is 14.9. The molecule has 4 nitrogen and oxygen atoms in total. The van der Waals surface area contributed by atoms with Crippen LogP contribution in [0.1, 0.15) is 27.5 Å². The Hall–Kier alpha value is -2.93. The first-order valence-electron chi connectivity index (χ1n) is 8.57. The van der Waals surface area contributed by atoms with E-state index >= 15 is 0 Å². The van der Waals surface area contributed by atoms with Crippen molar-refractivity contribution in [2.45, 2.75) is 12.2 Å². The van der Waals surface area contributed by atoms with Gasteiger partial charge in [-0.1, -0.05) is 29.8 Å². The number of nitrogens with zero attached hydrogens (tertiary/aromatic N) is 1. The molecule has 0 bridgehead atoms. The maximum atomic E-state index is 13.0. The number of hydrogen-bond donors (Lipinski definition) is 0. The van der Waals surface area contributed by atoms with Gasteiger partial charge >= 0.3 is 6.18 Å². The Morgan fingerprint density at radius 1 is 1.07 bits per heavy atom. The predicted octanol–water partition coefficient (Wildman–Crippen LogP) is 4.50. The van der Waals surface area contributed by atoms with Crippen LogP contribution in [-0.2, 0) is 15.8 Å². The number of ketones is 2. The molecule has 2 atom stereocenters. The molecule has 0 spiro atoms. The highest BCUT2D eigenvalue weighted by atomic mass is 35.5. The molecule has 2 aromatic rings. The molecule has 150 valence electrons. The summed E-state index contributed by atoms with van der Waals surface area (Å²) < 4.78 is 38.6. The van der Waals surface area contributed by atoms with Gasteiger partial charge in [0.25, 0.3) is 5.91 Å². The van der Waals surface area contributed by atoms with Gasteiger partial charge in [0, 0.05) is 17.1 Å². The third kappa shape index (κ3) is 3.96. The number of halogens is 4. The molecule has 1 aliphatic rings. The molecule has 2 unspecified atom stereocenters. The van der Waals surface area contributed by atoms with Crippen molar-refractivity contribution in [3.63, 3.8) is 0 Å². The molecule has 3 rings (SSSR count). The maximum absolute atomic E-state index is 13.0. The van der Waals surface area contributed by atoms with Gasteiger partial charge in [-0.25, -0.2) is 0 Å². The van der Waals surface area contributed by atoms with Crippen LogP contribution in [0.25, 0.3) is 0 Å². The van der Waals surface area contributed by atoms with E-state index < -0.39 is 41.2 Å². The molecule has 1 heterocycles. The number of likely N-dealkylation sites (tertiary alicyclic amines) is 1. The Morgan fingerprint density at radius 3 is 2.17 bits per heavy atom. The second kappa shape index (κ2) is 7.83. The summed E-state index contributed by atoms with van der Waals surface area (Å²) >= 11 is 5.82. The van der Waals surface area contributed by atoms with Crippen molar-refractivity contribution in [3.8, 4) is 0 Å². The van der Waals surface area contributed by atoms with Gasteiger partial charge in [0.05, 0.1) is 11.6 Å². The van der Waals surface area contributed by atoms with Crippen LogP contribution in [0.4, 0.5) is 13.2 Å². The number of carbonyl (C=O) groups excluding carboxylic acids is 3. The topological polar surface area (TPSA) is 54.5 Å². The van der Waals surface area contributed by atoms with Gasteiger partial charge in [-0.15, -0.1) is 6.58 Å². The number of rotatable bonds is 5. The van der Waals surface area contributed by atoms with E-state index in [9.17, 15) is 27.6 Å². The highest BCUT2D eigenvalue weighted by molar-refractivity contribution is 6.44. The van der Waals surface area contributed by atoms with Crippen LogP contribution in [0.2, 0.25) is 5.02 Å². The smallest absolute Gasteiger partial charge is 0.324 e. The van der Waals surface area contributed by atoms with Crippen LogP contribution in [0, 0.1) is 5.92 Å². The molecule has 0 saturated carbocycles. The van der Waals surface area contributed by atoms with Crippen molar-refractivity contribution in [3.05, 3.63) is 82.9 Å². The van der Waals surface area contributed by atoms with Crippen molar-refractivity contribution >= 4 is 29.1 Å². The highest BCUT2D eigenvalue weighted by Gasteiger charge is 2.51. The fraction of sp³-hybridized carbons (Fsp3) is 0.190. The standard InChI is InChI=1S/C21H15ClF3NO3/c1-2-11-26-17(12-3-7-14(8-4-12)21(23,24)25)16(19(28)20(26)29)18(27)13-5-9-15(22)10-6-13/h2-10,16-17H,1,11H2. The monoisotopic (exact) mass is 421 g/mol. The van der Waals surface area contributed by atoms with Crippen LogP contribution in [0.3, 0.4) is 0 Å².